The monoisotopic (exact) mass is 295 g/mol. The van der Waals surface area contributed by atoms with Crippen LogP contribution in [0.15, 0.2) is 24.3 Å². The van der Waals surface area contributed by atoms with Gasteiger partial charge in [-0.2, -0.15) is 0 Å². The van der Waals surface area contributed by atoms with Crippen molar-refractivity contribution in [2.24, 2.45) is 0 Å². The Morgan fingerprint density at radius 1 is 1.18 bits per heavy atom. The molecule has 17 heavy (non-hydrogen) atoms. The Hall–Kier alpha value is -0.500. The molecule has 1 atom stereocenters. The Labute approximate surface area is 113 Å². The van der Waals surface area contributed by atoms with Crippen LogP contribution in [-0.2, 0) is 5.33 Å². The first kappa shape index (κ1) is 12.9. The molecule has 1 fully saturated rings. The van der Waals surface area contributed by atoms with Crippen LogP contribution in [0.25, 0.3) is 0 Å². The first-order valence-corrected chi connectivity index (χ1v) is 7.89. The molecule has 2 heteroatoms. The Morgan fingerprint density at radius 3 is 2.59 bits per heavy atom. The number of hydrogen-bond acceptors (Lipinski definition) is 1. The maximum absolute atomic E-state index is 3.50. The molecule has 2 rings (SSSR count). The van der Waals surface area contributed by atoms with Crippen molar-refractivity contribution in [3.63, 3.8) is 0 Å². The van der Waals surface area contributed by atoms with E-state index >= 15 is 0 Å². The zero-order valence-corrected chi connectivity index (χ0v) is 12.2. The van der Waals surface area contributed by atoms with Crippen LogP contribution in [0.5, 0.6) is 0 Å². The van der Waals surface area contributed by atoms with Gasteiger partial charge in [-0.15, -0.1) is 0 Å². The summed E-state index contributed by atoms with van der Waals surface area (Å²) in [6, 6.07) is 9.78. The van der Waals surface area contributed by atoms with Gasteiger partial charge >= 0.3 is 0 Å². The van der Waals surface area contributed by atoms with Crippen molar-refractivity contribution in [3.8, 4) is 0 Å². The molecule has 1 nitrogen and oxygen atoms in total. The topological polar surface area (TPSA) is 3.24 Å². The summed E-state index contributed by atoms with van der Waals surface area (Å²) in [5.41, 5.74) is 2.76. The molecule has 0 aliphatic carbocycles. The highest BCUT2D eigenvalue weighted by atomic mass is 79.9. The summed E-state index contributed by atoms with van der Waals surface area (Å²) >= 11 is 3.50. The maximum atomic E-state index is 3.50. The Balaban J connectivity index is 2.16. The van der Waals surface area contributed by atoms with Crippen molar-refractivity contribution in [1.29, 1.82) is 0 Å². The Morgan fingerprint density at radius 2 is 1.94 bits per heavy atom. The van der Waals surface area contributed by atoms with Gasteiger partial charge in [0, 0.05) is 23.6 Å². The van der Waals surface area contributed by atoms with Crippen LogP contribution >= 0.6 is 15.9 Å². The number of rotatable bonds is 3. The zero-order valence-electron chi connectivity index (χ0n) is 10.7. The largest absolute Gasteiger partial charge is 0.369 e. The molecule has 0 bridgehead atoms. The molecule has 0 spiro atoms. The highest BCUT2D eigenvalue weighted by Crippen LogP contribution is 2.26. The van der Waals surface area contributed by atoms with E-state index in [9.17, 15) is 0 Å². The average molecular weight is 296 g/mol. The minimum Gasteiger partial charge on any atom is -0.369 e. The molecule has 0 N–H and O–H groups in total. The number of halogens is 1. The summed E-state index contributed by atoms with van der Waals surface area (Å²) in [4.78, 5) is 2.62. The predicted octanol–water partition coefficient (Wildman–Crippen LogP) is 4.74. The van der Waals surface area contributed by atoms with Gasteiger partial charge in [0.1, 0.15) is 0 Å². The van der Waals surface area contributed by atoms with Crippen LogP contribution in [0.4, 0.5) is 5.69 Å². The van der Waals surface area contributed by atoms with Crippen LogP contribution in [0.2, 0.25) is 0 Å². The van der Waals surface area contributed by atoms with Gasteiger partial charge in [-0.25, -0.2) is 0 Å². The molecular weight excluding hydrogens is 274 g/mol. The van der Waals surface area contributed by atoms with Crippen LogP contribution in [0.1, 0.15) is 44.6 Å². The fraction of sp³-hybridized carbons (Fsp3) is 0.600. The molecule has 1 saturated heterocycles. The number of nitrogens with zero attached hydrogens (tertiary/aromatic N) is 1. The third kappa shape index (κ3) is 3.25. The minimum atomic E-state index is 0.743. The lowest BCUT2D eigenvalue weighted by molar-refractivity contribution is 0.556. The van der Waals surface area contributed by atoms with Crippen molar-refractivity contribution in [2.45, 2.75) is 50.4 Å². The van der Waals surface area contributed by atoms with E-state index in [4.69, 9.17) is 0 Å². The van der Waals surface area contributed by atoms with Crippen LogP contribution < -0.4 is 4.90 Å². The van der Waals surface area contributed by atoms with E-state index in [0.29, 0.717) is 0 Å². The first-order chi connectivity index (χ1) is 8.35. The molecule has 1 aliphatic rings. The molecule has 0 radical (unpaired) electrons. The molecule has 1 aromatic carbocycles. The molecule has 1 unspecified atom stereocenters. The van der Waals surface area contributed by atoms with E-state index in [1.807, 2.05) is 0 Å². The summed E-state index contributed by atoms with van der Waals surface area (Å²) in [7, 11) is 0. The summed E-state index contributed by atoms with van der Waals surface area (Å²) in [5, 5.41) is 0.949. The normalized spacial score (nSPS) is 21.3. The fourth-order valence-corrected chi connectivity index (χ4v) is 3.09. The lowest BCUT2D eigenvalue weighted by Gasteiger charge is -2.31. The second-order valence-electron chi connectivity index (χ2n) is 4.90. The lowest BCUT2D eigenvalue weighted by atomic mass is 10.1. The number of hydrogen-bond donors (Lipinski definition) is 0. The molecule has 0 aromatic heterocycles. The van der Waals surface area contributed by atoms with Gasteiger partial charge in [-0.3, -0.25) is 0 Å². The van der Waals surface area contributed by atoms with Crippen molar-refractivity contribution in [1.82, 2.24) is 0 Å². The molecule has 1 aliphatic heterocycles. The van der Waals surface area contributed by atoms with E-state index in [-0.39, 0.29) is 0 Å². The molecule has 0 saturated carbocycles. The summed E-state index contributed by atoms with van der Waals surface area (Å²) in [6.07, 6.45) is 6.76. The molecular formula is C15H22BrN. The molecule has 0 amide bonds. The Bertz CT molecular complexity index is 333. The maximum Gasteiger partial charge on any atom is 0.0368 e. The smallest absolute Gasteiger partial charge is 0.0368 e. The zero-order chi connectivity index (χ0) is 12.1. The van der Waals surface area contributed by atoms with Crippen molar-refractivity contribution < 1.29 is 0 Å². The molecule has 1 aromatic rings. The lowest BCUT2D eigenvalue weighted by Crippen LogP contribution is -2.34. The summed E-state index contributed by atoms with van der Waals surface area (Å²) in [6.45, 7) is 3.54. The van der Waals surface area contributed by atoms with Crippen molar-refractivity contribution in [3.05, 3.63) is 29.8 Å². The predicted molar refractivity (Wildman–Crippen MR) is 79.0 cm³/mol. The fourth-order valence-electron chi connectivity index (χ4n) is 2.72. The SMILES string of the molecule is CCC1CCCCCN1c1ccc(CBr)cc1. The van der Waals surface area contributed by atoms with E-state index in [1.165, 1.54) is 49.9 Å². The van der Waals surface area contributed by atoms with Gasteiger partial charge in [-0.05, 0) is 37.0 Å². The van der Waals surface area contributed by atoms with E-state index in [0.717, 1.165) is 11.4 Å². The number of alkyl halides is 1. The highest BCUT2D eigenvalue weighted by molar-refractivity contribution is 9.08. The molecule has 94 valence electrons. The van der Waals surface area contributed by atoms with E-state index in [1.54, 1.807) is 0 Å². The minimum absolute atomic E-state index is 0.743. The third-order valence-electron chi connectivity index (χ3n) is 3.77. The number of benzene rings is 1. The second kappa shape index (κ2) is 6.44. The van der Waals surface area contributed by atoms with Gasteiger partial charge in [0.25, 0.3) is 0 Å². The van der Waals surface area contributed by atoms with Crippen LogP contribution in [-0.4, -0.2) is 12.6 Å². The van der Waals surface area contributed by atoms with Crippen molar-refractivity contribution >= 4 is 21.6 Å². The number of anilines is 1. The molecule has 1 heterocycles. The van der Waals surface area contributed by atoms with E-state index < -0.39 is 0 Å². The van der Waals surface area contributed by atoms with Gasteiger partial charge in [0.05, 0.1) is 0 Å². The van der Waals surface area contributed by atoms with Gasteiger partial charge < -0.3 is 4.90 Å². The standard InChI is InChI=1S/C15H22BrN/c1-2-14-6-4-3-5-11-17(14)15-9-7-13(12-16)8-10-15/h7-10,14H,2-6,11-12H2,1H3. The third-order valence-corrected chi connectivity index (χ3v) is 4.42. The van der Waals surface area contributed by atoms with Crippen molar-refractivity contribution in [2.75, 3.05) is 11.4 Å². The van der Waals surface area contributed by atoms with Gasteiger partial charge in [0.2, 0.25) is 0 Å². The van der Waals surface area contributed by atoms with Gasteiger partial charge in [0.15, 0.2) is 0 Å². The van der Waals surface area contributed by atoms with Crippen LogP contribution in [0.3, 0.4) is 0 Å². The summed E-state index contributed by atoms with van der Waals surface area (Å²) in [5.74, 6) is 0. The Kier molecular flexibility index (Phi) is 4.90. The van der Waals surface area contributed by atoms with Crippen LogP contribution in [0, 0.1) is 0 Å². The second-order valence-corrected chi connectivity index (χ2v) is 5.47. The van der Waals surface area contributed by atoms with E-state index in [2.05, 4.69) is 52.0 Å². The quantitative estimate of drug-likeness (QED) is 0.728. The summed E-state index contributed by atoms with van der Waals surface area (Å²) < 4.78 is 0. The first-order valence-electron chi connectivity index (χ1n) is 6.76. The van der Waals surface area contributed by atoms with Gasteiger partial charge in [-0.1, -0.05) is 47.8 Å². The highest BCUT2D eigenvalue weighted by Gasteiger charge is 2.19. The average Bonchev–Trinajstić information content (AvgIpc) is 2.64.